The molecule has 1 aliphatic rings. The fourth-order valence-corrected chi connectivity index (χ4v) is 8.31. The summed E-state index contributed by atoms with van der Waals surface area (Å²) in [6.45, 7) is 14.3. The third kappa shape index (κ3) is 8.58. The predicted molar refractivity (Wildman–Crippen MR) is 203 cm³/mol. The van der Waals surface area contributed by atoms with E-state index in [0.717, 1.165) is 16.7 Å². The zero-order valence-electron chi connectivity index (χ0n) is 31.0. The minimum Gasteiger partial charge on any atom is -0.497 e. The Bertz CT molecular complexity index is 1810. The van der Waals surface area contributed by atoms with Gasteiger partial charge in [0.25, 0.3) is 14.1 Å². The molecule has 0 spiro atoms. The van der Waals surface area contributed by atoms with Crippen molar-refractivity contribution in [1.82, 2.24) is 14.2 Å². The summed E-state index contributed by atoms with van der Waals surface area (Å²) >= 11 is 0. The van der Waals surface area contributed by atoms with Gasteiger partial charge >= 0.3 is 5.69 Å². The molecule has 12 heteroatoms. The van der Waals surface area contributed by atoms with E-state index in [1.807, 2.05) is 78.9 Å². The van der Waals surface area contributed by atoms with Crippen molar-refractivity contribution in [2.24, 2.45) is 0 Å². The van der Waals surface area contributed by atoms with Gasteiger partial charge in [0.1, 0.15) is 29.4 Å². The molecule has 1 unspecified atom stereocenters. The molecule has 0 bridgehead atoms. The molecule has 52 heavy (non-hydrogen) atoms. The van der Waals surface area contributed by atoms with Crippen molar-refractivity contribution in [2.45, 2.75) is 77.2 Å². The van der Waals surface area contributed by atoms with E-state index in [2.05, 4.69) is 43.9 Å². The van der Waals surface area contributed by atoms with Gasteiger partial charge in [-0.15, -0.1) is 6.58 Å². The van der Waals surface area contributed by atoms with Gasteiger partial charge in [-0.3, -0.25) is 14.3 Å². The van der Waals surface area contributed by atoms with E-state index in [-0.39, 0.29) is 18.7 Å². The third-order valence-electron chi connectivity index (χ3n) is 9.05. The number of benzene rings is 3. The summed E-state index contributed by atoms with van der Waals surface area (Å²) in [6.07, 6.45) is 1.59. The summed E-state index contributed by atoms with van der Waals surface area (Å²) in [6, 6.07) is 25.9. The van der Waals surface area contributed by atoms with Gasteiger partial charge in [0.05, 0.1) is 33.5 Å². The summed E-state index contributed by atoms with van der Waals surface area (Å²) in [5.41, 5.74) is 0.912. The van der Waals surface area contributed by atoms with Crippen LogP contribution in [0.3, 0.4) is 0 Å². The van der Waals surface area contributed by atoms with Crippen molar-refractivity contribution in [2.75, 3.05) is 27.4 Å². The average Bonchev–Trinajstić information content (AvgIpc) is 3.54. The first-order valence-electron chi connectivity index (χ1n) is 17.5. The highest BCUT2D eigenvalue weighted by Gasteiger charge is 2.45. The molecule has 0 amide bonds. The van der Waals surface area contributed by atoms with E-state index in [1.165, 1.54) is 10.8 Å². The second kappa shape index (κ2) is 17.6. The van der Waals surface area contributed by atoms with E-state index < -0.39 is 43.8 Å². The maximum Gasteiger partial charge on any atom is 0.330 e. The topological polar surface area (TPSA) is 113 Å². The molecule has 1 saturated heterocycles. The van der Waals surface area contributed by atoms with Crippen LogP contribution in [0.1, 0.15) is 62.6 Å². The number of H-pyrrole nitrogens is 1. The predicted octanol–water partition coefficient (Wildman–Crippen LogP) is 7.09. The smallest absolute Gasteiger partial charge is 0.330 e. The van der Waals surface area contributed by atoms with E-state index in [0.29, 0.717) is 30.1 Å². The summed E-state index contributed by atoms with van der Waals surface area (Å²) < 4.78 is 41.7. The molecule has 2 heterocycles. The van der Waals surface area contributed by atoms with E-state index >= 15 is 0 Å². The van der Waals surface area contributed by atoms with Crippen molar-refractivity contribution in [3.05, 3.63) is 141 Å². The van der Waals surface area contributed by atoms with Gasteiger partial charge in [-0.1, -0.05) is 60.7 Å². The van der Waals surface area contributed by atoms with Crippen LogP contribution in [0.2, 0.25) is 0 Å². The first-order valence-corrected chi connectivity index (χ1v) is 18.6. The van der Waals surface area contributed by atoms with Crippen molar-refractivity contribution in [3.8, 4) is 11.5 Å². The van der Waals surface area contributed by atoms with Gasteiger partial charge < -0.3 is 28.0 Å². The number of aromatic amines is 1. The Kier molecular flexibility index (Phi) is 13.3. The molecule has 0 aliphatic carbocycles. The molecule has 1 fully saturated rings. The van der Waals surface area contributed by atoms with Gasteiger partial charge in [-0.2, -0.15) is 0 Å². The Morgan fingerprint density at radius 3 is 2.00 bits per heavy atom. The number of nitrogens with zero attached hydrogens (tertiary/aromatic N) is 2. The molecular formula is C40H50N3O8P. The molecule has 5 rings (SSSR count). The number of methoxy groups -OCH3 is 2. The second-order valence-corrected chi connectivity index (χ2v) is 14.6. The second-order valence-electron chi connectivity index (χ2n) is 13.2. The number of aromatic nitrogens is 2. The Labute approximate surface area is 307 Å². The molecule has 4 atom stereocenters. The van der Waals surface area contributed by atoms with Crippen LogP contribution in [0, 0.1) is 6.92 Å². The quantitative estimate of drug-likeness (QED) is 0.0691. The maximum atomic E-state index is 13.1. The van der Waals surface area contributed by atoms with Crippen LogP contribution in [0.4, 0.5) is 0 Å². The molecule has 1 N–H and O–H groups in total. The number of rotatable bonds is 17. The maximum absolute atomic E-state index is 13.1. The molecule has 11 nitrogen and oxygen atoms in total. The SMILES string of the molecule is C=CCOP(O[C@H]1C[C@H](n2cc(C)c(=O)[nH]c2=O)O[C@@H]1COC(c1ccccc1)(c1ccc(OC)cc1)c1ccc(OC)cc1)N(C(C)C)C(C)C. The lowest BCUT2D eigenvalue weighted by Gasteiger charge is -2.39. The molecule has 3 aromatic carbocycles. The van der Waals surface area contributed by atoms with Gasteiger partial charge in [-0.05, 0) is 75.6 Å². The summed E-state index contributed by atoms with van der Waals surface area (Å²) in [7, 11) is 1.69. The zero-order valence-corrected chi connectivity index (χ0v) is 31.9. The third-order valence-corrected chi connectivity index (χ3v) is 11.2. The Balaban J connectivity index is 1.61. The van der Waals surface area contributed by atoms with Gasteiger partial charge in [0, 0.05) is 30.3 Å². The summed E-state index contributed by atoms with van der Waals surface area (Å²) in [5, 5.41) is 0. The first-order chi connectivity index (χ1) is 25.0. The number of ether oxygens (including phenoxy) is 4. The summed E-state index contributed by atoms with van der Waals surface area (Å²) in [5.74, 6) is 1.43. The van der Waals surface area contributed by atoms with Crippen LogP contribution < -0.4 is 20.7 Å². The number of aryl methyl sites for hydroxylation is 1. The fraction of sp³-hybridized carbons (Fsp3) is 0.400. The van der Waals surface area contributed by atoms with E-state index in [4.69, 9.17) is 28.0 Å². The fourth-order valence-electron chi connectivity index (χ4n) is 6.57. The lowest BCUT2D eigenvalue weighted by Crippen LogP contribution is -2.39. The molecular weight excluding hydrogens is 681 g/mol. The van der Waals surface area contributed by atoms with E-state index in [1.54, 1.807) is 27.2 Å². The van der Waals surface area contributed by atoms with Gasteiger partial charge in [0.2, 0.25) is 0 Å². The standard InChI is InChI=1S/C40H50N3O8P/c1-9-23-49-52(43(27(2)3)28(4)5)51-35-24-37(42-25-29(6)38(44)41-39(42)45)50-36(35)26-48-40(30-13-11-10-12-14-30,31-15-19-33(46-7)20-16-31)32-17-21-34(47-8)22-18-32/h9-22,25,27-28,35-37H,1,23-24,26H2,2-8H3,(H,41,44,45)/t35-,36+,37+,52?/m0/s1. The molecule has 1 aliphatic heterocycles. The van der Waals surface area contributed by atoms with Gasteiger partial charge in [0.15, 0.2) is 0 Å². The molecule has 4 aromatic rings. The first kappa shape index (κ1) is 39.1. The highest BCUT2D eigenvalue weighted by Crippen LogP contribution is 2.50. The lowest BCUT2D eigenvalue weighted by atomic mass is 9.80. The van der Waals surface area contributed by atoms with Crippen molar-refractivity contribution >= 4 is 8.53 Å². The Morgan fingerprint density at radius 1 is 0.923 bits per heavy atom. The van der Waals surface area contributed by atoms with Crippen molar-refractivity contribution in [3.63, 3.8) is 0 Å². The monoisotopic (exact) mass is 731 g/mol. The van der Waals surface area contributed by atoms with Crippen LogP contribution in [0.15, 0.2) is 107 Å². The highest BCUT2D eigenvalue weighted by molar-refractivity contribution is 7.44. The van der Waals surface area contributed by atoms with Crippen LogP contribution in [0.5, 0.6) is 11.5 Å². The molecule has 278 valence electrons. The van der Waals surface area contributed by atoms with Crippen LogP contribution in [0.25, 0.3) is 0 Å². The van der Waals surface area contributed by atoms with Gasteiger partial charge in [-0.25, -0.2) is 9.46 Å². The van der Waals surface area contributed by atoms with Crippen molar-refractivity contribution < 1.29 is 28.0 Å². The molecule has 1 aromatic heterocycles. The van der Waals surface area contributed by atoms with Crippen LogP contribution >= 0.6 is 8.53 Å². The zero-order chi connectivity index (χ0) is 37.4. The normalized spacial score (nSPS) is 18.2. The number of hydrogen-bond acceptors (Lipinski definition) is 9. The van der Waals surface area contributed by atoms with Crippen LogP contribution in [-0.4, -0.2) is 65.9 Å². The Hall–Kier alpha value is -4.09. The molecule has 0 radical (unpaired) electrons. The molecule has 0 saturated carbocycles. The largest absolute Gasteiger partial charge is 0.497 e. The van der Waals surface area contributed by atoms with Crippen molar-refractivity contribution in [1.29, 1.82) is 0 Å². The summed E-state index contributed by atoms with van der Waals surface area (Å²) in [4.78, 5) is 27.8. The number of nitrogens with one attached hydrogen (secondary N) is 1. The minimum atomic E-state index is -1.58. The minimum absolute atomic E-state index is 0.0686. The highest BCUT2D eigenvalue weighted by atomic mass is 31.2. The van der Waals surface area contributed by atoms with E-state index in [9.17, 15) is 9.59 Å². The Morgan fingerprint density at radius 2 is 1.48 bits per heavy atom. The lowest BCUT2D eigenvalue weighted by molar-refractivity contribution is -0.0925. The number of hydrogen-bond donors (Lipinski definition) is 1. The van der Waals surface area contributed by atoms with Crippen LogP contribution in [-0.2, 0) is 24.1 Å². The average molecular weight is 732 g/mol.